The minimum absolute atomic E-state index is 0.228. The molecule has 0 saturated carbocycles. The standard InChI is InChI=1S/C20H21NO4S2/c1-13(2)10-15(22)11-14-4-6-16(7-5-14)25-20-21-18-9-8-17(27(3,23)24)12-19(18)26-20/h4-9,12-13H,10-11H2,1-3H3. The van der Waals surface area contributed by atoms with Gasteiger partial charge in [0.15, 0.2) is 9.84 Å². The average Bonchev–Trinajstić information content (AvgIpc) is 2.96. The van der Waals surface area contributed by atoms with Gasteiger partial charge >= 0.3 is 0 Å². The van der Waals surface area contributed by atoms with Crippen molar-refractivity contribution in [2.75, 3.05) is 6.26 Å². The number of ketones is 1. The van der Waals surface area contributed by atoms with E-state index in [0.29, 0.717) is 35.2 Å². The molecule has 0 spiro atoms. The number of aromatic nitrogens is 1. The van der Waals surface area contributed by atoms with Gasteiger partial charge in [0, 0.05) is 19.1 Å². The van der Waals surface area contributed by atoms with Gasteiger partial charge in [-0.3, -0.25) is 4.79 Å². The molecule has 2 aromatic carbocycles. The molecular formula is C20H21NO4S2. The van der Waals surface area contributed by atoms with Crippen LogP contribution in [0.1, 0.15) is 25.8 Å². The largest absolute Gasteiger partial charge is 0.431 e. The zero-order valence-electron chi connectivity index (χ0n) is 15.4. The highest BCUT2D eigenvalue weighted by Gasteiger charge is 2.12. The lowest BCUT2D eigenvalue weighted by atomic mass is 10.0. The minimum atomic E-state index is -3.26. The quantitative estimate of drug-likeness (QED) is 0.574. The van der Waals surface area contributed by atoms with Gasteiger partial charge < -0.3 is 4.74 Å². The number of thiazole rings is 1. The first-order valence-electron chi connectivity index (χ1n) is 8.60. The van der Waals surface area contributed by atoms with Crippen molar-refractivity contribution in [3.05, 3.63) is 48.0 Å². The Hall–Kier alpha value is -2.25. The van der Waals surface area contributed by atoms with Crippen LogP contribution >= 0.6 is 11.3 Å². The fraction of sp³-hybridized carbons (Fsp3) is 0.300. The maximum Gasteiger partial charge on any atom is 0.279 e. The van der Waals surface area contributed by atoms with Gasteiger partial charge in [0.05, 0.1) is 15.1 Å². The third-order valence-corrected chi connectivity index (χ3v) is 5.94. The lowest BCUT2D eigenvalue weighted by Crippen LogP contribution is -2.06. The number of hydrogen-bond acceptors (Lipinski definition) is 6. The van der Waals surface area contributed by atoms with Crippen molar-refractivity contribution in [2.45, 2.75) is 31.6 Å². The van der Waals surface area contributed by atoms with E-state index in [4.69, 9.17) is 4.74 Å². The SMILES string of the molecule is CC(C)CC(=O)Cc1ccc(Oc2nc3ccc(S(C)(=O)=O)cc3s2)cc1. The zero-order valence-corrected chi connectivity index (χ0v) is 17.1. The lowest BCUT2D eigenvalue weighted by Gasteiger charge is -2.05. The summed E-state index contributed by atoms with van der Waals surface area (Å²) in [6.07, 6.45) is 2.19. The Bertz CT molecular complexity index is 1070. The Balaban J connectivity index is 1.72. The second-order valence-electron chi connectivity index (χ2n) is 6.94. The molecule has 0 atom stereocenters. The molecule has 0 unspecified atom stereocenters. The predicted molar refractivity (Wildman–Crippen MR) is 107 cm³/mol. The van der Waals surface area contributed by atoms with Crippen molar-refractivity contribution in [3.8, 4) is 10.9 Å². The van der Waals surface area contributed by atoms with Gasteiger partial charge in [-0.1, -0.05) is 37.3 Å². The van der Waals surface area contributed by atoms with Crippen LogP contribution in [-0.4, -0.2) is 25.4 Å². The average molecular weight is 404 g/mol. The maximum absolute atomic E-state index is 11.9. The molecule has 1 aromatic heterocycles. The Morgan fingerprint density at radius 2 is 1.85 bits per heavy atom. The third kappa shape index (κ3) is 5.14. The Kier molecular flexibility index (Phi) is 5.62. The summed E-state index contributed by atoms with van der Waals surface area (Å²) in [6, 6.07) is 12.2. The second-order valence-corrected chi connectivity index (χ2v) is 9.95. The molecule has 1 heterocycles. The van der Waals surface area contributed by atoms with Gasteiger partial charge in [-0.2, -0.15) is 0 Å². The number of ether oxygens (including phenoxy) is 1. The highest BCUT2D eigenvalue weighted by atomic mass is 32.2. The number of sulfone groups is 1. The van der Waals surface area contributed by atoms with E-state index < -0.39 is 9.84 Å². The normalized spacial score (nSPS) is 11.9. The number of carbonyl (C=O) groups excluding carboxylic acids is 1. The molecule has 0 aliphatic carbocycles. The summed E-state index contributed by atoms with van der Waals surface area (Å²) in [5, 5.41) is 0.444. The molecule has 0 N–H and O–H groups in total. The van der Waals surface area contributed by atoms with Gasteiger partial charge in [0.1, 0.15) is 11.5 Å². The summed E-state index contributed by atoms with van der Waals surface area (Å²) in [6.45, 7) is 4.07. The van der Waals surface area contributed by atoms with Crippen LogP contribution in [0.4, 0.5) is 0 Å². The molecule has 5 nitrogen and oxygen atoms in total. The topological polar surface area (TPSA) is 73.3 Å². The number of fused-ring (bicyclic) bond motifs is 1. The maximum atomic E-state index is 11.9. The van der Waals surface area contributed by atoms with Crippen LogP contribution in [0.15, 0.2) is 47.4 Å². The molecule has 0 amide bonds. The van der Waals surface area contributed by atoms with Crippen molar-refractivity contribution < 1.29 is 17.9 Å². The number of hydrogen-bond donors (Lipinski definition) is 0. The van der Waals surface area contributed by atoms with Gasteiger partial charge in [-0.15, -0.1) is 0 Å². The van der Waals surface area contributed by atoms with Gasteiger partial charge in [-0.25, -0.2) is 13.4 Å². The summed E-state index contributed by atoms with van der Waals surface area (Å²) in [4.78, 5) is 16.6. The van der Waals surface area contributed by atoms with Crippen LogP contribution in [0.3, 0.4) is 0 Å². The lowest BCUT2D eigenvalue weighted by molar-refractivity contribution is -0.119. The Morgan fingerprint density at radius 1 is 1.15 bits per heavy atom. The molecule has 0 aliphatic heterocycles. The first-order valence-corrected chi connectivity index (χ1v) is 11.3. The van der Waals surface area contributed by atoms with Gasteiger partial charge in [-0.05, 0) is 41.8 Å². The van der Waals surface area contributed by atoms with E-state index in [1.807, 2.05) is 38.1 Å². The zero-order chi connectivity index (χ0) is 19.6. The summed E-state index contributed by atoms with van der Waals surface area (Å²) in [7, 11) is -3.26. The number of Topliss-reactive ketones (excluding diaryl/α,β-unsaturated/α-hetero) is 1. The van der Waals surface area contributed by atoms with E-state index in [0.717, 1.165) is 10.3 Å². The Morgan fingerprint density at radius 3 is 2.48 bits per heavy atom. The van der Waals surface area contributed by atoms with Crippen LogP contribution in [0.5, 0.6) is 10.9 Å². The van der Waals surface area contributed by atoms with Crippen LogP contribution in [-0.2, 0) is 21.1 Å². The molecule has 7 heteroatoms. The summed E-state index contributed by atoms with van der Waals surface area (Å²) < 4.78 is 29.9. The third-order valence-electron chi connectivity index (χ3n) is 3.93. The molecule has 27 heavy (non-hydrogen) atoms. The summed E-state index contributed by atoms with van der Waals surface area (Å²) in [5.41, 5.74) is 1.65. The first kappa shape index (κ1) is 19.5. The van der Waals surface area contributed by atoms with E-state index in [9.17, 15) is 13.2 Å². The van der Waals surface area contributed by atoms with Crippen LogP contribution in [0, 0.1) is 5.92 Å². The summed E-state index contributed by atoms with van der Waals surface area (Å²) >= 11 is 1.29. The minimum Gasteiger partial charge on any atom is -0.431 e. The fourth-order valence-electron chi connectivity index (χ4n) is 2.69. The molecule has 142 valence electrons. The molecular weight excluding hydrogens is 382 g/mol. The van der Waals surface area contributed by atoms with Crippen molar-refractivity contribution in [2.24, 2.45) is 5.92 Å². The first-order chi connectivity index (χ1) is 12.7. The molecule has 3 rings (SSSR count). The highest BCUT2D eigenvalue weighted by molar-refractivity contribution is 7.90. The number of nitrogens with zero attached hydrogens (tertiary/aromatic N) is 1. The van der Waals surface area contributed by atoms with E-state index in [1.54, 1.807) is 18.2 Å². The molecule has 0 bridgehead atoms. The monoisotopic (exact) mass is 403 g/mol. The van der Waals surface area contributed by atoms with Gasteiger partial charge in [0.2, 0.25) is 0 Å². The molecule has 0 radical (unpaired) electrons. The Labute approximate surface area is 162 Å². The molecule has 0 fully saturated rings. The summed E-state index contributed by atoms with van der Waals surface area (Å²) in [5.74, 6) is 1.21. The van der Waals surface area contributed by atoms with Crippen molar-refractivity contribution in [3.63, 3.8) is 0 Å². The number of carbonyl (C=O) groups is 1. The van der Waals surface area contributed by atoms with Crippen molar-refractivity contribution in [1.29, 1.82) is 0 Å². The van der Waals surface area contributed by atoms with Gasteiger partial charge in [0.25, 0.3) is 5.19 Å². The highest BCUT2D eigenvalue weighted by Crippen LogP contribution is 2.32. The van der Waals surface area contributed by atoms with E-state index >= 15 is 0 Å². The molecule has 0 saturated heterocycles. The van der Waals surface area contributed by atoms with Crippen LogP contribution < -0.4 is 4.74 Å². The predicted octanol–water partition coefficient (Wildman–Crippen LogP) is 4.65. The van der Waals surface area contributed by atoms with E-state index in [2.05, 4.69) is 4.98 Å². The fourth-order valence-corrected chi connectivity index (χ4v) is 4.29. The van der Waals surface area contributed by atoms with E-state index in [1.165, 1.54) is 17.6 Å². The molecule has 3 aromatic rings. The van der Waals surface area contributed by atoms with Crippen LogP contribution in [0.2, 0.25) is 0 Å². The van der Waals surface area contributed by atoms with E-state index in [-0.39, 0.29) is 10.7 Å². The smallest absolute Gasteiger partial charge is 0.279 e. The number of benzene rings is 2. The second kappa shape index (κ2) is 7.78. The van der Waals surface area contributed by atoms with Crippen molar-refractivity contribution in [1.82, 2.24) is 4.98 Å². The van der Waals surface area contributed by atoms with Crippen molar-refractivity contribution >= 4 is 37.2 Å². The molecule has 0 aliphatic rings. The number of rotatable bonds is 7. The van der Waals surface area contributed by atoms with Crippen LogP contribution in [0.25, 0.3) is 10.2 Å².